The highest BCUT2D eigenvalue weighted by atomic mass is 35.5. The van der Waals surface area contributed by atoms with Crippen LogP contribution in [-0.2, 0) is 6.54 Å². The van der Waals surface area contributed by atoms with Gasteiger partial charge < -0.3 is 5.32 Å². The van der Waals surface area contributed by atoms with E-state index in [0.29, 0.717) is 5.88 Å². The standard InChI is InChI=1S/C11H15Cl2N/c1-11(2,8-12)14-7-9-4-3-5-10(13)6-9/h3-6,14H,7-8H2,1-2H3. The van der Waals surface area contributed by atoms with Gasteiger partial charge in [0.2, 0.25) is 0 Å². The van der Waals surface area contributed by atoms with Gasteiger partial charge >= 0.3 is 0 Å². The maximum Gasteiger partial charge on any atom is 0.0409 e. The van der Waals surface area contributed by atoms with Crippen LogP contribution in [-0.4, -0.2) is 11.4 Å². The Hall–Kier alpha value is -0.240. The van der Waals surface area contributed by atoms with Crippen LogP contribution in [0, 0.1) is 0 Å². The van der Waals surface area contributed by atoms with Crippen LogP contribution < -0.4 is 5.32 Å². The molecule has 0 aliphatic heterocycles. The molecule has 0 heterocycles. The van der Waals surface area contributed by atoms with Gasteiger partial charge in [0.1, 0.15) is 0 Å². The summed E-state index contributed by atoms with van der Waals surface area (Å²) in [5, 5.41) is 4.13. The molecular formula is C11H15Cl2N. The molecular weight excluding hydrogens is 217 g/mol. The van der Waals surface area contributed by atoms with Gasteiger partial charge in [-0.1, -0.05) is 23.7 Å². The predicted molar refractivity (Wildman–Crippen MR) is 63.1 cm³/mol. The molecule has 1 aromatic carbocycles. The van der Waals surface area contributed by atoms with E-state index >= 15 is 0 Å². The molecule has 1 aromatic rings. The lowest BCUT2D eigenvalue weighted by Gasteiger charge is -2.23. The first-order chi connectivity index (χ1) is 6.53. The Morgan fingerprint density at radius 3 is 2.64 bits per heavy atom. The van der Waals surface area contributed by atoms with Crippen molar-refractivity contribution >= 4 is 23.2 Å². The predicted octanol–water partition coefficient (Wildman–Crippen LogP) is 3.45. The minimum atomic E-state index is -0.0378. The molecule has 1 rings (SSSR count). The van der Waals surface area contributed by atoms with Crippen LogP contribution in [0.2, 0.25) is 5.02 Å². The van der Waals surface area contributed by atoms with Crippen molar-refractivity contribution in [1.29, 1.82) is 0 Å². The summed E-state index contributed by atoms with van der Waals surface area (Å²) in [4.78, 5) is 0. The van der Waals surface area contributed by atoms with Crippen molar-refractivity contribution in [3.05, 3.63) is 34.9 Å². The second-order valence-corrected chi connectivity index (χ2v) is 4.70. The Morgan fingerprint density at radius 2 is 2.07 bits per heavy atom. The number of hydrogen-bond acceptors (Lipinski definition) is 1. The molecule has 0 amide bonds. The first-order valence-corrected chi connectivity index (χ1v) is 5.50. The van der Waals surface area contributed by atoms with Gasteiger partial charge in [-0.15, -0.1) is 11.6 Å². The third-order valence-corrected chi connectivity index (χ3v) is 2.90. The van der Waals surface area contributed by atoms with Crippen LogP contribution in [0.1, 0.15) is 19.4 Å². The normalized spacial score (nSPS) is 11.7. The summed E-state index contributed by atoms with van der Waals surface area (Å²) in [6.45, 7) is 4.94. The Bertz CT molecular complexity index is 297. The molecule has 0 spiro atoms. The van der Waals surface area contributed by atoms with Crippen molar-refractivity contribution in [3.8, 4) is 0 Å². The van der Waals surface area contributed by atoms with Crippen molar-refractivity contribution in [1.82, 2.24) is 5.32 Å². The number of rotatable bonds is 4. The van der Waals surface area contributed by atoms with Crippen molar-refractivity contribution in [2.24, 2.45) is 0 Å². The van der Waals surface area contributed by atoms with E-state index in [9.17, 15) is 0 Å². The van der Waals surface area contributed by atoms with E-state index in [4.69, 9.17) is 23.2 Å². The van der Waals surface area contributed by atoms with E-state index in [0.717, 1.165) is 11.6 Å². The van der Waals surface area contributed by atoms with E-state index < -0.39 is 0 Å². The molecule has 0 saturated carbocycles. The summed E-state index contributed by atoms with van der Waals surface area (Å²) in [6, 6.07) is 7.83. The molecule has 0 aliphatic rings. The molecule has 0 saturated heterocycles. The van der Waals surface area contributed by atoms with Crippen LogP contribution >= 0.6 is 23.2 Å². The Kier molecular flexibility index (Phi) is 4.24. The lowest BCUT2D eigenvalue weighted by molar-refractivity contribution is 0.429. The van der Waals surface area contributed by atoms with Crippen LogP contribution in [0.3, 0.4) is 0 Å². The minimum absolute atomic E-state index is 0.0378. The van der Waals surface area contributed by atoms with Gasteiger partial charge in [-0.2, -0.15) is 0 Å². The van der Waals surface area contributed by atoms with Gasteiger partial charge in [0.25, 0.3) is 0 Å². The lowest BCUT2D eigenvalue weighted by Crippen LogP contribution is -2.40. The minimum Gasteiger partial charge on any atom is -0.307 e. The molecule has 0 aromatic heterocycles. The summed E-state index contributed by atoms with van der Waals surface area (Å²) in [7, 11) is 0. The van der Waals surface area contributed by atoms with Gasteiger partial charge in [-0.25, -0.2) is 0 Å². The summed E-state index contributed by atoms with van der Waals surface area (Å²) >= 11 is 11.7. The average Bonchev–Trinajstić information content (AvgIpc) is 2.15. The fraction of sp³-hybridized carbons (Fsp3) is 0.455. The molecule has 0 radical (unpaired) electrons. The molecule has 78 valence electrons. The van der Waals surface area contributed by atoms with Crippen LogP contribution in [0.5, 0.6) is 0 Å². The van der Waals surface area contributed by atoms with Crippen LogP contribution in [0.4, 0.5) is 0 Å². The monoisotopic (exact) mass is 231 g/mol. The van der Waals surface area contributed by atoms with Gasteiger partial charge in [0.15, 0.2) is 0 Å². The number of alkyl halides is 1. The molecule has 0 aliphatic carbocycles. The molecule has 1 N–H and O–H groups in total. The van der Waals surface area contributed by atoms with E-state index in [1.807, 2.05) is 24.3 Å². The zero-order valence-corrected chi connectivity index (χ0v) is 9.99. The second-order valence-electron chi connectivity index (χ2n) is 4.00. The van der Waals surface area contributed by atoms with E-state index in [1.165, 1.54) is 5.56 Å². The fourth-order valence-electron chi connectivity index (χ4n) is 1.04. The summed E-state index contributed by atoms with van der Waals surface area (Å²) in [6.07, 6.45) is 0. The van der Waals surface area contributed by atoms with E-state index in [2.05, 4.69) is 19.2 Å². The van der Waals surface area contributed by atoms with Crippen LogP contribution in [0.25, 0.3) is 0 Å². The van der Waals surface area contributed by atoms with Gasteiger partial charge in [-0.3, -0.25) is 0 Å². The first-order valence-electron chi connectivity index (χ1n) is 4.59. The molecule has 0 unspecified atom stereocenters. The third-order valence-electron chi connectivity index (χ3n) is 1.99. The number of nitrogens with one attached hydrogen (secondary N) is 1. The average molecular weight is 232 g/mol. The summed E-state index contributed by atoms with van der Waals surface area (Å²) < 4.78 is 0. The zero-order chi connectivity index (χ0) is 10.6. The third kappa shape index (κ3) is 3.87. The zero-order valence-electron chi connectivity index (χ0n) is 8.48. The van der Waals surface area contributed by atoms with Gasteiger partial charge in [-0.05, 0) is 31.5 Å². The fourth-order valence-corrected chi connectivity index (χ4v) is 1.34. The Morgan fingerprint density at radius 1 is 1.36 bits per heavy atom. The van der Waals surface area contributed by atoms with E-state index in [1.54, 1.807) is 0 Å². The molecule has 0 atom stereocenters. The van der Waals surface area contributed by atoms with Crippen molar-refractivity contribution < 1.29 is 0 Å². The maximum atomic E-state index is 5.87. The lowest BCUT2D eigenvalue weighted by atomic mass is 10.1. The van der Waals surface area contributed by atoms with E-state index in [-0.39, 0.29) is 5.54 Å². The second kappa shape index (κ2) is 5.01. The first kappa shape index (κ1) is 11.8. The van der Waals surface area contributed by atoms with Crippen LogP contribution in [0.15, 0.2) is 24.3 Å². The number of hydrogen-bond donors (Lipinski definition) is 1. The van der Waals surface area contributed by atoms with Crippen molar-refractivity contribution in [3.63, 3.8) is 0 Å². The van der Waals surface area contributed by atoms with Crippen molar-refractivity contribution in [2.75, 3.05) is 5.88 Å². The quantitative estimate of drug-likeness (QED) is 0.784. The smallest absolute Gasteiger partial charge is 0.0409 e. The summed E-state index contributed by atoms with van der Waals surface area (Å²) in [5.41, 5.74) is 1.14. The highest BCUT2D eigenvalue weighted by Gasteiger charge is 2.14. The van der Waals surface area contributed by atoms with Gasteiger partial charge in [0.05, 0.1) is 0 Å². The highest BCUT2D eigenvalue weighted by Crippen LogP contribution is 2.12. The van der Waals surface area contributed by atoms with Crippen molar-refractivity contribution in [2.45, 2.75) is 25.9 Å². The molecule has 3 heteroatoms. The topological polar surface area (TPSA) is 12.0 Å². The van der Waals surface area contributed by atoms with Gasteiger partial charge in [0, 0.05) is 23.0 Å². The Balaban J connectivity index is 2.54. The Labute approximate surface area is 95.4 Å². The number of benzene rings is 1. The molecule has 1 nitrogen and oxygen atoms in total. The SMILES string of the molecule is CC(C)(CCl)NCc1cccc(Cl)c1. The maximum absolute atomic E-state index is 5.87. The number of halogens is 2. The largest absolute Gasteiger partial charge is 0.307 e. The highest BCUT2D eigenvalue weighted by molar-refractivity contribution is 6.30. The molecule has 0 fully saturated rings. The molecule has 0 bridgehead atoms. The molecule has 14 heavy (non-hydrogen) atoms. The summed E-state index contributed by atoms with van der Waals surface area (Å²) in [5.74, 6) is 0.591.